The summed E-state index contributed by atoms with van der Waals surface area (Å²) in [5, 5.41) is 3.14. The molecule has 2 atom stereocenters. The lowest BCUT2D eigenvalue weighted by molar-refractivity contribution is -0.135. The van der Waals surface area contributed by atoms with Gasteiger partial charge in [0.2, 0.25) is 5.91 Å². The van der Waals surface area contributed by atoms with Crippen molar-refractivity contribution in [3.63, 3.8) is 0 Å². The van der Waals surface area contributed by atoms with Crippen molar-refractivity contribution in [3.8, 4) is 12.3 Å². The molecule has 4 nitrogen and oxygen atoms in total. The molecule has 2 rings (SSSR count). The first kappa shape index (κ1) is 12.4. The second-order valence-corrected chi connectivity index (χ2v) is 4.91. The number of nitrogens with one attached hydrogen (secondary N) is 1. The zero-order valence-electron chi connectivity index (χ0n) is 10.3. The molecule has 1 N–H and O–H groups in total. The van der Waals surface area contributed by atoms with E-state index >= 15 is 0 Å². The summed E-state index contributed by atoms with van der Waals surface area (Å²) in [6.45, 7) is 2.36. The first-order valence-electron chi connectivity index (χ1n) is 6.23. The predicted octanol–water partition coefficient (Wildman–Crippen LogP) is 0.0926. The van der Waals surface area contributed by atoms with Gasteiger partial charge in [-0.05, 0) is 25.8 Å². The summed E-state index contributed by atoms with van der Waals surface area (Å²) in [4.78, 5) is 14.2. The van der Waals surface area contributed by atoms with Crippen LogP contribution in [0.3, 0.4) is 0 Å². The summed E-state index contributed by atoms with van der Waals surface area (Å²) >= 11 is 0. The van der Waals surface area contributed by atoms with Crippen LogP contribution in [0.2, 0.25) is 0 Å². The lowest BCUT2D eigenvalue weighted by atomic mass is 10.0. The largest absolute Gasteiger partial charge is 0.379 e. The van der Waals surface area contributed by atoms with E-state index in [4.69, 9.17) is 11.2 Å². The molecule has 4 heteroatoms. The van der Waals surface area contributed by atoms with E-state index in [2.05, 4.69) is 11.2 Å². The van der Waals surface area contributed by atoms with Gasteiger partial charge in [-0.15, -0.1) is 6.42 Å². The smallest absolute Gasteiger partial charge is 0.230 e. The van der Waals surface area contributed by atoms with Crippen molar-refractivity contribution >= 4 is 5.91 Å². The molecule has 1 heterocycles. The van der Waals surface area contributed by atoms with E-state index in [1.807, 2.05) is 11.9 Å². The van der Waals surface area contributed by atoms with Crippen molar-refractivity contribution < 1.29 is 9.53 Å². The van der Waals surface area contributed by atoms with Crippen LogP contribution in [0.15, 0.2) is 0 Å². The number of likely N-dealkylation sites (N-methyl/N-ethyl adjacent to an activating group) is 1. The number of rotatable bonds is 5. The Balaban J connectivity index is 1.96. The Bertz CT molecular complexity index is 320. The highest BCUT2D eigenvalue weighted by atomic mass is 16.5. The van der Waals surface area contributed by atoms with Gasteiger partial charge in [0.25, 0.3) is 0 Å². The number of ether oxygens (including phenoxy) is 1. The van der Waals surface area contributed by atoms with Crippen molar-refractivity contribution in [1.29, 1.82) is 0 Å². The Morgan fingerprint density at radius 2 is 2.29 bits per heavy atom. The standard InChI is InChI=1S/C13H20N2O2/c1-3-6-15(7-10-4-5-10)13(16)11-8-17-9-12(11)14-2/h1,10-12,14H,4-9H2,2H3. The highest BCUT2D eigenvalue weighted by molar-refractivity contribution is 5.80. The molecule has 1 saturated heterocycles. The van der Waals surface area contributed by atoms with E-state index in [0.29, 0.717) is 25.7 Å². The van der Waals surface area contributed by atoms with Gasteiger partial charge in [0.05, 0.1) is 25.7 Å². The van der Waals surface area contributed by atoms with Crippen molar-refractivity contribution in [2.45, 2.75) is 18.9 Å². The maximum absolute atomic E-state index is 12.4. The molecule has 1 saturated carbocycles. The van der Waals surface area contributed by atoms with Gasteiger partial charge in [-0.2, -0.15) is 0 Å². The molecule has 2 unspecified atom stereocenters. The van der Waals surface area contributed by atoms with Gasteiger partial charge in [-0.3, -0.25) is 4.79 Å². The molecule has 0 bridgehead atoms. The van der Waals surface area contributed by atoms with Gasteiger partial charge in [0, 0.05) is 12.6 Å². The van der Waals surface area contributed by atoms with Crippen molar-refractivity contribution in [1.82, 2.24) is 10.2 Å². The third-order valence-electron chi connectivity index (χ3n) is 3.54. The summed E-state index contributed by atoms with van der Waals surface area (Å²) in [6.07, 6.45) is 7.79. The molecule has 0 aromatic carbocycles. The van der Waals surface area contributed by atoms with Gasteiger partial charge in [0.1, 0.15) is 0 Å². The Kier molecular flexibility index (Phi) is 4.03. The average molecular weight is 236 g/mol. The predicted molar refractivity (Wildman–Crippen MR) is 65.3 cm³/mol. The fraction of sp³-hybridized carbons (Fsp3) is 0.769. The monoisotopic (exact) mass is 236 g/mol. The number of carbonyl (C=O) groups excluding carboxylic acids is 1. The highest BCUT2D eigenvalue weighted by Crippen LogP contribution is 2.30. The quantitative estimate of drug-likeness (QED) is 0.688. The molecule has 94 valence electrons. The van der Waals surface area contributed by atoms with Crippen molar-refractivity contribution in [3.05, 3.63) is 0 Å². The number of hydrogen-bond acceptors (Lipinski definition) is 3. The second-order valence-electron chi connectivity index (χ2n) is 4.91. The van der Waals surface area contributed by atoms with Gasteiger partial charge >= 0.3 is 0 Å². The molecular weight excluding hydrogens is 216 g/mol. The second kappa shape index (κ2) is 5.52. The van der Waals surface area contributed by atoms with Gasteiger partial charge in [-0.25, -0.2) is 0 Å². The third-order valence-corrected chi connectivity index (χ3v) is 3.54. The van der Waals surface area contributed by atoms with Crippen molar-refractivity contribution in [2.24, 2.45) is 11.8 Å². The number of amides is 1. The minimum Gasteiger partial charge on any atom is -0.379 e. The molecule has 1 aliphatic carbocycles. The van der Waals surface area contributed by atoms with Crippen LogP contribution in [0, 0.1) is 24.2 Å². The maximum Gasteiger partial charge on any atom is 0.230 e. The van der Waals surface area contributed by atoms with E-state index in [1.54, 1.807) is 0 Å². The van der Waals surface area contributed by atoms with Crippen LogP contribution < -0.4 is 5.32 Å². The lowest BCUT2D eigenvalue weighted by Gasteiger charge is -2.25. The molecule has 0 aromatic rings. The summed E-state index contributed by atoms with van der Waals surface area (Å²) in [6, 6.07) is 0.127. The maximum atomic E-state index is 12.4. The fourth-order valence-corrected chi connectivity index (χ4v) is 2.27. The van der Waals surface area contributed by atoms with E-state index in [9.17, 15) is 4.79 Å². The number of terminal acetylenes is 1. The van der Waals surface area contributed by atoms with Crippen LogP contribution in [0.1, 0.15) is 12.8 Å². The molecule has 1 amide bonds. The van der Waals surface area contributed by atoms with E-state index in [-0.39, 0.29) is 17.9 Å². The molecule has 17 heavy (non-hydrogen) atoms. The first-order valence-corrected chi connectivity index (χ1v) is 6.23. The van der Waals surface area contributed by atoms with Gasteiger partial charge in [-0.1, -0.05) is 5.92 Å². The molecule has 2 fully saturated rings. The van der Waals surface area contributed by atoms with Crippen LogP contribution in [0.4, 0.5) is 0 Å². The highest BCUT2D eigenvalue weighted by Gasteiger charge is 2.37. The van der Waals surface area contributed by atoms with E-state index in [0.717, 1.165) is 6.54 Å². The molecular formula is C13H20N2O2. The number of nitrogens with zero attached hydrogens (tertiary/aromatic N) is 1. The SMILES string of the molecule is C#CCN(CC1CC1)C(=O)C1COCC1NC. The van der Waals surface area contributed by atoms with E-state index < -0.39 is 0 Å². The molecule has 2 aliphatic rings. The van der Waals surface area contributed by atoms with Gasteiger partial charge in [0.15, 0.2) is 0 Å². The van der Waals surface area contributed by atoms with Crippen LogP contribution in [-0.2, 0) is 9.53 Å². The molecule has 1 aliphatic heterocycles. The molecule has 0 radical (unpaired) electrons. The van der Waals surface area contributed by atoms with Gasteiger partial charge < -0.3 is 15.0 Å². The third kappa shape index (κ3) is 2.99. The average Bonchev–Trinajstić information content (AvgIpc) is 3.02. The molecule has 0 spiro atoms. The van der Waals surface area contributed by atoms with E-state index in [1.165, 1.54) is 12.8 Å². The normalized spacial score (nSPS) is 27.8. The van der Waals surface area contributed by atoms with Crippen LogP contribution in [0.5, 0.6) is 0 Å². The Hall–Kier alpha value is -1.05. The minimum absolute atomic E-state index is 0.0768. The number of carbonyl (C=O) groups is 1. The topological polar surface area (TPSA) is 41.6 Å². The first-order chi connectivity index (χ1) is 8.26. The Morgan fingerprint density at radius 3 is 2.88 bits per heavy atom. The van der Waals surface area contributed by atoms with Crippen LogP contribution in [-0.4, -0.2) is 50.2 Å². The van der Waals surface area contributed by atoms with Crippen LogP contribution in [0.25, 0.3) is 0 Å². The van der Waals surface area contributed by atoms with Crippen molar-refractivity contribution in [2.75, 3.05) is 33.4 Å². The summed E-state index contributed by atoms with van der Waals surface area (Å²) in [7, 11) is 1.87. The zero-order chi connectivity index (χ0) is 12.3. The minimum atomic E-state index is -0.0768. The lowest BCUT2D eigenvalue weighted by Crippen LogP contribution is -2.45. The van der Waals surface area contributed by atoms with Crippen LogP contribution >= 0.6 is 0 Å². The zero-order valence-corrected chi connectivity index (χ0v) is 10.3. The Morgan fingerprint density at radius 1 is 1.53 bits per heavy atom. The Labute approximate surface area is 103 Å². The molecule has 0 aromatic heterocycles. The summed E-state index contributed by atoms with van der Waals surface area (Å²) in [5.74, 6) is 3.32. The summed E-state index contributed by atoms with van der Waals surface area (Å²) in [5.41, 5.74) is 0. The summed E-state index contributed by atoms with van der Waals surface area (Å²) < 4.78 is 5.37. The fourth-order valence-electron chi connectivity index (χ4n) is 2.27. The number of hydrogen-bond donors (Lipinski definition) is 1.